The lowest BCUT2D eigenvalue weighted by molar-refractivity contribution is -0.136. The van der Waals surface area contributed by atoms with Crippen LogP contribution in [0.15, 0.2) is 18.2 Å². The third-order valence-corrected chi connectivity index (χ3v) is 8.27. The van der Waals surface area contributed by atoms with Crippen molar-refractivity contribution in [3.05, 3.63) is 29.3 Å². The van der Waals surface area contributed by atoms with E-state index < -0.39 is 6.04 Å². The summed E-state index contributed by atoms with van der Waals surface area (Å²) >= 11 is 0. The van der Waals surface area contributed by atoms with Crippen LogP contribution in [0.25, 0.3) is 0 Å². The molecule has 6 rings (SSSR count). The molecule has 5 aliphatic rings. The van der Waals surface area contributed by atoms with E-state index in [1.807, 2.05) is 25.1 Å². The molecule has 2 saturated carbocycles. The number of piperidine rings is 1. The molecule has 8 nitrogen and oxygen atoms in total. The molecule has 2 bridgehead atoms. The zero-order chi connectivity index (χ0) is 22.7. The second kappa shape index (κ2) is 8.09. The van der Waals surface area contributed by atoms with E-state index in [1.54, 1.807) is 4.90 Å². The summed E-state index contributed by atoms with van der Waals surface area (Å²) in [6, 6.07) is 5.55. The van der Waals surface area contributed by atoms with Crippen LogP contribution in [0.3, 0.4) is 0 Å². The van der Waals surface area contributed by atoms with Gasteiger partial charge < -0.3 is 14.4 Å². The maximum Gasteiger partial charge on any atom is 0.255 e. The number of carbonyl (C=O) groups excluding carboxylic acids is 3. The van der Waals surface area contributed by atoms with Crippen LogP contribution in [0.1, 0.15) is 54.9 Å². The van der Waals surface area contributed by atoms with E-state index in [9.17, 15) is 14.4 Å². The van der Waals surface area contributed by atoms with Gasteiger partial charge in [0.15, 0.2) is 0 Å². The zero-order valence-corrected chi connectivity index (χ0v) is 19.0. The normalized spacial score (nSPS) is 33.9. The number of benzene rings is 1. The van der Waals surface area contributed by atoms with Crippen LogP contribution in [0.4, 0.5) is 0 Å². The number of rotatable bonds is 6. The Kier molecular flexibility index (Phi) is 5.18. The van der Waals surface area contributed by atoms with E-state index >= 15 is 0 Å². The van der Waals surface area contributed by atoms with Crippen LogP contribution in [0.5, 0.6) is 5.75 Å². The van der Waals surface area contributed by atoms with E-state index in [0.29, 0.717) is 42.5 Å². The molecule has 8 heteroatoms. The molecule has 0 radical (unpaired) electrons. The molecule has 3 heterocycles. The first-order valence-electron chi connectivity index (χ1n) is 12.3. The molecular formula is C25H31N3O5. The van der Waals surface area contributed by atoms with Crippen molar-refractivity contribution < 1.29 is 23.9 Å². The maximum atomic E-state index is 13.0. The minimum absolute atomic E-state index is 0.147. The van der Waals surface area contributed by atoms with E-state index in [4.69, 9.17) is 9.47 Å². The fourth-order valence-corrected chi connectivity index (χ4v) is 6.72. The zero-order valence-electron chi connectivity index (χ0n) is 19.0. The van der Waals surface area contributed by atoms with Crippen molar-refractivity contribution in [3.8, 4) is 5.75 Å². The Balaban J connectivity index is 1.16. The number of nitrogens with one attached hydrogen (secondary N) is 1. The minimum atomic E-state index is -0.591. The van der Waals surface area contributed by atoms with E-state index in [2.05, 4.69) is 10.2 Å². The molecular weight excluding hydrogens is 422 g/mol. The molecule has 33 heavy (non-hydrogen) atoms. The molecule has 3 amide bonds. The van der Waals surface area contributed by atoms with Crippen molar-refractivity contribution in [2.45, 2.75) is 69.9 Å². The number of hydrogen-bond acceptors (Lipinski definition) is 6. The fraction of sp³-hybridized carbons (Fsp3) is 0.640. The van der Waals surface area contributed by atoms with Crippen LogP contribution >= 0.6 is 0 Å². The van der Waals surface area contributed by atoms with Crippen LogP contribution in [-0.2, 0) is 20.9 Å². The van der Waals surface area contributed by atoms with Crippen LogP contribution in [0.2, 0.25) is 0 Å². The van der Waals surface area contributed by atoms with Crippen LogP contribution < -0.4 is 10.1 Å². The highest BCUT2D eigenvalue weighted by Gasteiger charge is 2.53. The molecule has 1 unspecified atom stereocenters. The molecule has 0 aromatic heterocycles. The first-order valence-corrected chi connectivity index (χ1v) is 12.3. The third kappa shape index (κ3) is 3.54. The molecule has 176 valence electrons. The second-order valence-corrected chi connectivity index (χ2v) is 10.2. The number of amides is 3. The fourth-order valence-electron chi connectivity index (χ4n) is 6.72. The molecule has 4 fully saturated rings. The Morgan fingerprint density at radius 1 is 1.09 bits per heavy atom. The van der Waals surface area contributed by atoms with Crippen LogP contribution in [0, 0.1) is 11.8 Å². The van der Waals surface area contributed by atoms with E-state index in [1.165, 1.54) is 19.3 Å². The average molecular weight is 454 g/mol. The summed E-state index contributed by atoms with van der Waals surface area (Å²) in [5.41, 5.74) is 1.51. The summed E-state index contributed by atoms with van der Waals surface area (Å²) in [4.78, 5) is 40.9. The molecule has 3 aliphatic heterocycles. The van der Waals surface area contributed by atoms with Gasteiger partial charge in [0.1, 0.15) is 17.9 Å². The Bertz CT molecular complexity index is 990. The van der Waals surface area contributed by atoms with Crippen molar-refractivity contribution in [2.75, 3.05) is 19.7 Å². The predicted molar refractivity (Wildman–Crippen MR) is 119 cm³/mol. The summed E-state index contributed by atoms with van der Waals surface area (Å²) < 4.78 is 12.4. The Labute approximate surface area is 193 Å². The highest BCUT2D eigenvalue weighted by Crippen LogP contribution is 2.49. The van der Waals surface area contributed by atoms with Crippen molar-refractivity contribution >= 4 is 17.7 Å². The minimum Gasteiger partial charge on any atom is -0.488 e. The Morgan fingerprint density at radius 3 is 2.70 bits per heavy atom. The second-order valence-electron chi connectivity index (χ2n) is 10.2. The summed E-state index contributed by atoms with van der Waals surface area (Å²) in [7, 11) is 0. The summed E-state index contributed by atoms with van der Waals surface area (Å²) in [5.74, 6) is 1.28. The molecule has 2 saturated heterocycles. The number of imide groups is 1. The SMILES string of the molecule is CCOC1CN([C@@H]2[C@@H]3CC[C@@H](C3)[C@@H]2Oc2ccc3c(c2)CN(C2CCC(=O)NC2=O)C3=O)C1. The number of likely N-dealkylation sites (tertiary alicyclic amines) is 1. The lowest BCUT2D eigenvalue weighted by Crippen LogP contribution is -2.61. The van der Waals surface area contributed by atoms with Gasteiger partial charge in [0, 0.05) is 44.3 Å². The molecule has 2 aliphatic carbocycles. The van der Waals surface area contributed by atoms with Crippen molar-refractivity contribution in [2.24, 2.45) is 11.8 Å². The number of fused-ring (bicyclic) bond motifs is 3. The van der Waals surface area contributed by atoms with E-state index in [0.717, 1.165) is 31.0 Å². The summed E-state index contributed by atoms with van der Waals surface area (Å²) in [6.45, 7) is 5.16. The largest absolute Gasteiger partial charge is 0.488 e. The third-order valence-electron chi connectivity index (χ3n) is 8.27. The first-order chi connectivity index (χ1) is 16.0. The van der Waals surface area contributed by atoms with Gasteiger partial charge in [-0.25, -0.2) is 0 Å². The van der Waals surface area contributed by atoms with E-state index in [-0.39, 0.29) is 30.2 Å². The molecule has 5 atom stereocenters. The predicted octanol–water partition coefficient (Wildman–Crippen LogP) is 1.71. The average Bonchev–Trinajstić information content (AvgIpc) is 3.45. The van der Waals surface area contributed by atoms with Gasteiger partial charge >= 0.3 is 0 Å². The van der Waals surface area contributed by atoms with Gasteiger partial charge in [0.25, 0.3) is 5.91 Å². The van der Waals surface area contributed by atoms with Crippen molar-refractivity contribution in [3.63, 3.8) is 0 Å². The van der Waals surface area contributed by atoms with Gasteiger partial charge in [0.2, 0.25) is 11.8 Å². The van der Waals surface area contributed by atoms with Gasteiger partial charge in [-0.15, -0.1) is 0 Å². The highest BCUT2D eigenvalue weighted by atomic mass is 16.5. The quantitative estimate of drug-likeness (QED) is 0.660. The van der Waals surface area contributed by atoms with Gasteiger partial charge in [-0.1, -0.05) is 0 Å². The molecule has 1 aromatic carbocycles. The molecule has 1 N–H and O–H groups in total. The van der Waals surface area contributed by atoms with Gasteiger partial charge in [-0.05, 0) is 68.2 Å². The summed E-state index contributed by atoms with van der Waals surface area (Å²) in [6.07, 6.45) is 4.90. The lowest BCUT2D eigenvalue weighted by atomic mass is 9.89. The Morgan fingerprint density at radius 2 is 1.91 bits per heavy atom. The lowest BCUT2D eigenvalue weighted by Gasteiger charge is -2.47. The number of nitrogens with zero attached hydrogens (tertiary/aromatic N) is 2. The van der Waals surface area contributed by atoms with Crippen molar-refractivity contribution in [1.82, 2.24) is 15.1 Å². The van der Waals surface area contributed by atoms with Crippen LogP contribution in [-0.4, -0.2) is 71.5 Å². The summed E-state index contributed by atoms with van der Waals surface area (Å²) in [5, 5.41) is 2.36. The smallest absolute Gasteiger partial charge is 0.255 e. The van der Waals surface area contributed by atoms with Gasteiger partial charge in [-0.3, -0.25) is 24.6 Å². The number of ether oxygens (including phenoxy) is 2. The Hall–Kier alpha value is -2.45. The molecule has 1 aromatic rings. The monoisotopic (exact) mass is 453 g/mol. The molecule has 0 spiro atoms. The topological polar surface area (TPSA) is 88.2 Å². The van der Waals surface area contributed by atoms with Gasteiger partial charge in [0.05, 0.1) is 6.10 Å². The highest BCUT2D eigenvalue weighted by molar-refractivity contribution is 6.05. The first kappa shape index (κ1) is 21.1. The number of hydrogen-bond donors (Lipinski definition) is 1. The number of carbonyl (C=O) groups is 3. The van der Waals surface area contributed by atoms with Crippen molar-refractivity contribution in [1.29, 1.82) is 0 Å². The maximum absolute atomic E-state index is 13.0. The van der Waals surface area contributed by atoms with Gasteiger partial charge in [-0.2, -0.15) is 0 Å². The standard InChI is InChI=1S/C25H31N3O5/c1-2-32-18-12-27(13-18)22-14-3-4-15(9-14)23(22)33-17-5-6-19-16(10-17)11-28(25(19)31)20-7-8-21(29)26-24(20)30/h5-6,10,14-15,18,20,22-23H,2-4,7-9,11-13H2,1H3,(H,26,29,30)/t14-,15+,20?,22-,23+/m1/s1.